The third kappa shape index (κ3) is 4.75. The van der Waals surface area contributed by atoms with E-state index in [1.807, 2.05) is 54.9 Å². The number of carbonyl (C=O) groups is 1. The maximum Gasteiger partial charge on any atom is 0.191 e. The van der Waals surface area contributed by atoms with Crippen molar-refractivity contribution in [2.45, 2.75) is 37.3 Å². The Morgan fingerprint density at radius 3 is 2.57 bits per heavy atom. The Kier molecular flexibility index (Phi) is 6.75. The van der Waals surface area contributed by atoms with Crippen molar-refractivity contribution in [3.8, 4) is 5.75 Å². The van der Waals surface area contributed by atoms with Crippen LogP contribution in [-0.4, -0.2) is 25.8 Å². The first-order chi connectivity index (χ1) is 13.5. The van der Waals surface area contributed by atoms with Crippen molar-refractivity contribution < 1.29 is 9.53 Å². The summed E-state index contributed by atoms with van der Waals surface area (Å²) in [6.45, 7) is 4.22. The van der Waals surface area contributed by atoms with Crippen LogP contribution in [0.2, 0.25) is 5.02 Å². The summed E-state index contributed by atoms with van der Waals surface area (Å²) in [6.07, 6.45) is 0.955. The second-order valence-corrected chi connectivity index (χ2v) is 8.07. The maximum atomic E-state index is 12.7. The highest BCUT2D eigenvalue weighted by Gasteiger charge is 2.20. The van der Waals surface area contributed by atoms with Gasteiger partial charge in [-0.2, -0.15) is 0 Å². The van der Waals surface area contributed by atoms with Gasteiger partial charge in [0.25, 0.3) is 0 Å². The van der Waals surface area contributed by atoms with Crippen LogP contribution in [0.3, 0.4) is 0 Å². The zero-order valence-electron chi connectivity index (χ0n) is 16.1. The number of hydrogen-bond acceptors (Lipinski definition) is 5. The van der Waals surface area contributed by atoms with Crippen LogP contribution in [0.1, 0.15) is 35.6 Å². The van der Waals surface area contributed by atoms with Crippen LogP contribution in [0, 0.1) is 0 Å². The lowest BCUT2D eigenvalue weighted by molar-refractivity contribution is 0.0994. The molecule has 28 heavy (non-hydrogen) atoms. The zero-order valence-corrected chi connectivity index (χ0v) is 17.6. The Labute approximate surface area is 174 Å². The first kappa shape index (κ1) is 20.4. The molecule has 0 spiro atoms. The van der Waals surface area contributed by atoms with E-state index in [0.29, 0.717) is 27.3 Å². The van der Waals surface area contributed by atoms with Crippen molar-refractivity contribution in [1.82, 2.24) is 14.8 Å². The minimum Gasteiger partial charge on any atom is -0.484 e. The monoisotopic (exact) mass is 415 g/mol. The van der Waals surface area contributed by atoms with Gasteiger partial charge in [-0.1, -0.05) is 66.7 Å². The molecule has 0 saturated heterocycles. The molecule has 7 heteroatoms. The number of thioether (sulfide) groups is 1. The van der Waals surface area contributed by atoms with Crippen molar-refractivity contribution in [2.75, 3.05) is 0 Å². The van der Waals surface area contributed by atoms with Gasteiger partial charge in [-0.25, -0.2) is 0 Å². The minimum atomic E-state index is -0.271. The van der Waals surface area contributed by atoms with E-state index in [9.17, 15) is 4.79 Å². The lowest BCUT2D eigenvalue weighted by atomic mass is 10.1. The number of hydrogen-bond donors (Lipinski definition) is 0. The third-order valence-corrected chi connectivity index (χ3v) is 5.86. The van der Waals surface area contributed by atoms with Crippen LogP contribution in [0.4, 0.5) is 0 Å². The van der Waals surface area contributed by atoms with Crippen molar-refractivity contribution in [1.29, 1.82) is 0 Å². The highest BCUT2D eigenvalue weighted by molar-refractivity contribution is 8.00. The summed E-state index contributed by atoms with van der Waals surface area (Å²) < 4.78 is 7.57. The second kappa shape index (κ2) is 9.26. The third-order valence-electron chi connectivity index (χ3n) is 4.42. The zero-order chi connectivity index (χ0) is 20.1. The normalized spacial score (nSPS) is 12.0. The molecule has 0 aliphatic heterocycles. The van der Waals surface area contributed by atoms with Gasteiger partial charge in [0, 0.05) is 12.6 Å². The van der Waals surface area contributed by atoms with Crippen molar-refractivity contribution in [3.63, 3.8) is 0 Å². The lowest BCUT2D eigenvalue weighted by Crippen LogP contribution is -2.14. The molecule has 1 atom stereocenters. The molecule has 0 saturated carbocycles. The van der Waals surface area contributed by atoms with Gasteiger partial charge in [-0.05, 0) is 31.0 Å². The Hall–Kier alpha value is -2.31. The average molecular weight is 416 g/mol. The van der Waals surface area contributed by atoms with E-state index in [-0.39, 0.29) is 17.6 Å². The molecule has 0 radical (unpaired) electrons. The standard InChI is InChI=1S/C21H22ClN3O2S/c1-4-15-9-11-16(12-10-15)20(26)14(2)28-21-24-23-19(25(21)3)13-27-18-8-6-5-7-17(18)22/h5-12,14H,4,13H2,1-3H3. The Balaban J connectivity index is 1.64. The Morgan fingerprint density at radius 2 is 1.89 bits per heavy atom. The quantitative estimate of drug-likeness (QED) is 0.384. The molecule has 0 aliphatic rings. The van der Waals surface area contributed by atoms with Gasteiger partial charge in [0.05, 0.1) is 10.3 Å². The van der Waals surface area contributed by atoms with Crippen LogP contribution in [0.5, 0.6) is 5.75 Å². The Morgan fingerprint density at radius 1 is 1.18 bits per heavy atom. The fraction of sp³-hybridized carbons (Fsp3) is 0.286. The summed E-state index contributed by atoms with van der Waals surface area (Å²) >= 11 is 7.49. The van der Waals surface area contributed by atoms with E-state index in [4.69, 9.17) is 16.3 Å². The average Bonchev–Trinajstić information content (AvgIpc) is 3.06. The maximum absolute atomic E-state index is 12.7. The summed E-state index contributed by atoms with van der Waals surface area (Å²) in [5.74, 6) is 1.33. The van der Waals surface area contributed by atoms with E-state index >= 15 is 0 Å². The molecule has 146 valence electrons. The number of para-hydroxylation sites is 1. The molecule has 0 bridgehead atoms. The van der Waals surface area contributed by atoms with Crippen molar-refractivity contribution in [2.24, 2.45) is 7.05 Å². The largest absolute Gasteiger partial charge is 0.484 e. The number of aryl methyl sites for hydroxylation is 1. The highest BCUT2D eigenvalue weighted by atomic mass is 35.5. The molecule has 3 rings (SSSR count). The number of ketones is 1. The van der Waals surface area contributed by atoms with E-state index in [2.05, 4.69) is 17.1 Å². The van der Waals surface area contributed by atoms with Crippen LogP contribution in [-0.2, 0) is 20.1 Å². The van der Waals surface area contributed by atoms with E-state index < -0.39 is 0 Å². The molecule has 1 heterocycles. The van der Waals surface area contributed by atoms with Crippen LogP contribution < -0.4 is 4.74 Å². The molecular formula is C21H22ClN3O2S. The summed E-state index contributed by atoms with van der Waals surface area (Å²) in [7, 11) is 1.86. The molecule has 0 N–H and O–H groups in total. The predicted molar refractivity (Wildman–Crippen MR) is 112 cm³/mol. The molecule has 0 fully saturated rings. The van der Waals surface area contributed by atoms with Gasteiger partial charge in [-0.3, -0.25) is 4.79 Å². The smallest absolute Gasteiger partial charge is 0.191 e. The van der Waals surface area contributed by atoms with Crippen molar-refractivity contribution in [3.05, 3.63) is 70.5 Å². The highest BCUT2D eigenvalue weighted by Crippen LogP contribution is 2.26. The predicted octanol–water partition coefficient (Wildman–Crippen LogP) is 4.97. The summed E-state index contributed by atoms with van der Waals surface area (Å²) in [4.78, 5) is 12.7. The van der Waals surface area contributed by atoms with Gasteiger partial charge in [-0.15, -0.1) is 10.2 Å². The summed E-state index contributed by atoms with van der Waals surface area (Å²) in [6, 6.07) is 15.1. The number of rotatable bonds is 8. The molecule has 0 amide bonds. The van der Waals surface area contributed by atoms with Gasteiger partial charge in [0.1, 0.15) is 12.4 Å². The number of carbonyl (C=O) groups excluding carboxylic acids is 1. The summed E-state index contributed by atoms with van der Waals surface area (Å²) in [5, 5.41) is 9.33. The van der Waals surface area contributed by atoms with E-state index in [1.165, 1.54) is 17.3 Å². The number of benzene rings is 2. The van der Waals surface area contributed by atoms with Gasteiger partial charge in [0.2, 0.25) is 0 Å². The Bertz CT molecular complexity index is 957. The molecule has 2 aromatic carbocycles. The molecule has 1 unspecified atom stereocenters. The van der Waals surface area contributed by atoms with Crippen LogP contribution >= 0.6 is 23.4 Å². The number of nitrogens with zero attached hydrogens (tertiary/aromatic N) is 3. The van der Waals surface area contributed by atoms with Gasteiger partial charge < -0.3 is 9.30 Å². The van der Waals surface area contributed by atoms with Crippen molar-refractivity contribution >= 4 is 29.1 Å². The molecule has 3 aromatic rings. The molecule has 5 nitrogen and oxygen atoms in total. The fourth-order valence-corrected chi connectivity index (χ4v) is 3.73. The van der Waals surface area contributed by atoms with E-state index in [0.717, 1.165) is 6.42 Å². The SMILES string of the molecule is CCc1ccc(C(=O)C(C)Sc2nnc(COc3ccccc3Cl)n2C)cc1. The first-order valence-electron chi connectivity index (χ1n) is 9.05. The van der Waals surface area contributed by atoms with Crippen LogP contribution in [0.25, 0.3) is 0 Å². The molecular weight excluding hydrogens is 394 g/mol. The number of aromatic nitrogens is 3. The molecule has 0 aliphatic carbocycles. The van der Waals surface area contributed by atoms with Gasteiger partial charge in [0.15, 0.2) is 16.8 Å². The minimum absolute atomic E-state index is 0.0736. The van der Waals surface area contributed by atoms with E-state index in [1.54, 1.807) is 12.1 Å². The fourth-order valence-electron chi connectivity index (χ4n) is 2.63. The van der Waals surface area contributed by atoms with Crippen LogP contribution in [0.15, 0.2) is 53.7 Å². The molecule has 1 aromatic heterocycles. The number of Topliss-reactive ketones (excluding diaryl/α,β-unsaturated/α-hetero) is 1. The second-order valence-electron chi connectivity index (χ2n) is 6.35. The van der Waals surface area contributed by atoms with Gasteiger partial charge >= 0.3 is 0 Å². The number of ether oxygens (including phenoxy) is 1. The lowest BCUT2D eigenvalue weighted by Gasteiger charge is -2.11. The summed E-state index contributed by atoms with van der Waals surface area (Å²) in [5.41, 5.74) is 1.93. The topological polar surface area (TPSA) is 57.0 Å². The first-order valence-corrected chi connectivity index (χ1v) is 10.3. The number of halogens is 1.